The van der Waals surface area contributed by atoms with Gasteiger partial charge in [-0.3, -0.25) is 9.36 Å². The molecule has 1 aromatic heterocycles. The van der Waals surface area contributed by atoms with Crippen LogP contribution < -0.4 is 5.56 Å². The van der Waals surface area contributed by atoms with E-state index in [9.17, 15) is 9.59 Å². The summed E-state index contributed by atoms with van der Waals surface area (Å²) in [5.74, 6) is 0.805. The Labute approximate surface area is 172 Å². The van der Waals surface area contributed by atoms with Crippen molar-refractivity contribution in [1.29, 1.82) is 0 Å². The Morgan fingerprint density at radius 3 is 2.55 bits per heavy atom. The molecule has 0 bridgehead atoms. The second-order valence-electron chi connectivity index (χ2n) is 8.54. The highest BCUT2D eigenvalue weighted by Crippen LogP contribution is 2.20. The van der Waals surface area contributed by atoms with Gasteiger partial charge in [-0.2, -0.15) is 0 Å². The Bertz CT molecular complexity index is 913. The first-order chi connectivity index (χ1) is 13.8. The van der Waals surface area contributed by atoms with Crippen molar-refractivity contribution in [2.45, 2.75) is 71.9 Å². The Hall–Kier alpha value is -2.63. The largest absolute Gasteiger partial charge is 0.444 e. The van der Waals surface area contributed by atoms with Crippen molar-refractivity contribution in [2.75, 3.05) is 6.54 Å². The highest BCUT2D eigenvalue weighted by Gasteiger charge is 2.29. The summed E-state index contributed by atoms with van der Waals surface area (Å²) in [6, 6.07) is 9.62. The Balaban J connectivity index is 1.98. The fourth-order valence-corrected chi connectivity index (χ4v) is 3.55. The van der Waals surface area contributed by atoms with E-state index < -0.39 is 5.60 Å². The zero-order valence-corrected chi connectivity index (χ0v) is 17.9. The van der Waals surface area contributed by atoms with Crippen molar-refractivity contribution >= 4 is 6.09 Å². The van der Waals surface area contributed by atoms with Crippen molar-refractivity contribution in [1.82, 2.24) is 14.5 Å². The van der Waals surface area contributed by atoms with Crippen LogP contribution in [-0.4, -0.2) is 32.7 Å². The van der Waals surface area contributed by atoms with Gasteiger partial charge in [0.05, 0.1) is 23.5 Å². The van der Waals surface area contributed by atoms with Crippen molar-refractivity contribution in [2.24, 2.45) is 0 Å². The first-order valence-corrected chi connectivity index (χ1v) is 10.5. The number of amides is 1. The highest BCUT2D eigenvalue weighted by molar-refractivity contribution is 5.68. The van der Waals surface area contributed by atoms with Crippen LogP contribution >= 0.6 is 0 Å². The summed E-state index contributed by atoms with van der Waals surface area (Å²) in [5.41, 5.74) is 1.57. The van der Waals surface area contributed by atoms with Gasteiger partial charge >= 0.3 is 6.09 Å². The molecule has 2 aromatic rings. The summed E-state index contributed by atoms with van der Waals surface area (Å²) < 4.78 is 7.21. The predicted molar refractivity (Wildman–Crippen MR) is 113 cm³/mol. The smallest absolute Gasteiger partial charge is 0.410 e. The van der Waals surface area contributed by atoms with Gasteiger partial charge in [-0.25, -0.2) is 9.78 Å². The molecule has 0 radical (unpaired) electrons. The van der Waals surface area contributed by atoms with Gasteiger partial charge in [-0.05, 0) is 39.3 Å². The lowest BCUT2D eigenvalue weighted by Gasteiger charge is -2.31. The van der Waals surface area contributed by atoms with E-state index in [4.69, 9.17) is 9.72 Å². The molecule has 6 heteroatoms. The summed E-state index contributed by atoms with van der Waals surface area (Å²) >= 11 is 0. The van der Waals surface area contributed by atoms with Gasteiger partial charge < -0.3 is 9.64 Å². The molecule has 1 aliphatic rings. The Morgan fingerprint density at radius 1 is 1.17 bits per heavy atom. The summed E-state index contributed by atoms with van der Waals surface area (Å²) in [7, 11) is 0. The lowest BCUT2D eigenvalue weighted by molar-refractivity contribution is 0.0221. The maximum Gasteiger partial charge on any atom is 0.410 e. The van der Waals surface area contributed by atoms with Crippen molar-refractivity contribution in [3.63, 3.8) is 0 Å². The maximum absolute atomic E-state index is 13.5. The zero-order chi connectivity index (χ0) is 21.0. The third-order valence-corrected chi connectivity index (χ3v) is 4.97. The minimum atomic E-state index is -0.566. The van der Waals surface area contributed by atoms with Crippen LogP contribution in [0.1, 0.15) is 64.0 Å². The number of rotatable bonds is 5. The standard InChI is InChI=1S/C23H31N3O3/c1-5-6-8-13-20-24-19-14-15-25(22(28)29-23(2,3)4)16-18(19)21(27)26(20)17-11-9-7-10-12-17/h7,9-12H,5-6,8,13-16H2,1-4H3. The monoisotopic (exact) mass is 397 g/mol. The average Bonchev–Trinajstić information content (AvgIpc) is 2.67. The van der Waals surface area contributed by atoms with Crippen molar-refractivity contribution in [3.05, 3.63) is 57.8 Å². The number of para-hydroxylation sites is 1. The van der Waals surface area contributed by atoms with Gasteiger partial charge in [0.1, 0.15) is 11.4 Å². The molecule has 0 atom stereocenters. The van der Waals surface area contributed by atoms with Gasteiger partial charge in [0.2, 0.25) is 0 Å². The minimum absolute atomic E-state index is 0.0824. The van der Waals surface area contributed by atoms with E-state index in [2.05, 4.69) is 6.92 Å². The number of carbonyl (C=O) groups is 1. The minimum Gasteiger partial charge on any atom is -0.444 e. The van der Waals surface area contributed by atoms with Crippen LogP contribution in [0.4, 0.5) is 4.79 Å². The number of benzene rings is 1. The number of aryl methyl sites for hydroxylation is 1. The highest BCUT2D eigenvalue weighted by atomic mass is 16.6. The zero-order valence-electron chi connectivity index (χ0n) is 17.9. The third kappa shape index (κ3) is 5.05. The molecule has 0 fully saturated rings. The predicted octanol–water partition coefficient (Wildman–Crippen LogP) is 4.26. The molecule has 0 N–H and O–H groups in total. The molecule has 0 saturated carbocycles. The number of ether oxygens (including phenoxy) is 1. The number of unbranched alkanes of at least 4 members (excludes halogenated alkanes) is 2. The maximum atomic E-state index is 13.5. The van der Waals surface area contributed by atoms with E-state index in [0.29, 0.717) is 18.5 Å². The summed E-state index contributed by atoms with van der Waals surface area (Å²) in [6.45, 7) is 8.44. The van der Waals surface area contributed by atoms with Crippen molar-refractivity contribution in [3.8, 4) is 5.69 Å². The van der Waals surface area contributed by atoms with Gasteiger partial charge in [0, 0.05) is 19.4 Å². The molecule has 1 aliphatic heterocycles. The first-order valence-electron chi connectivity index (χ1n) is 10.5. The van der Waals surface area contributed by atoms with Crippen LogP contribution in [-0.2, 0) is 24.1 Å². The van der Waals surface area contributed by atoms with Crippen molar-refractivity contribution < 1.29 is 9.53 Å². The number of fused-ring (bicyclic) bond motifs is 1. The van der Waals surface area contributed by atoms with Crippen LogP contribution in [0.15, 0.2) is 35.1 Å². The van der Waals surface area contributed by atoms with E-state index in [1.165, 1.54) is 0 Å². The molecule has 1 amide bonds. The molecule has 1 aromatic carbocycles. The lowest BCUT2D eigenvalue weighted by Crippen LogP contribution is -2.43. The van der Waals surface area contributed by atoms with Gasteiger partial charge in [-0.15, -0.1) is 0 Å². The molecule has 6 nitrogen and oxygen atoms in total. The number of aromatic nitrogens is 2. The molecule has 156 valence electrons. The second kappa shape index (κ2) is 8.80. The Kier molecular flexibility index (Phi) is 6.40. The van der Waals surface area contributed by atoms with Crippen LogP contribution in [0, 0.1) is 0 Å². The van der Waals surface area contributed by atoms with Gasteiger partial charge in [-0.1, -0.05) is 38.0 Å². The number of hydrogen-bond acceptors (Lipinski definition) is 4. The molecule has 29 heavy (non-hydrogen) atoms. The molecular formula is C23H31N3O3. The molecule has 0 saturated heterocycles. The normalized spacial score (nSPS) is 13.9. The molecular weight excluding hydrogens is 366 g/mol. The summed E-state index contributed by atoms with van der Waals surface area (Å²) in [5, 5.41) is 0. The molecule has 2 heterocycles. The Morgan fingerprint density at radius 2 is 1.90 bits per heavy atom. The van der Waals surface area contributed by atoms with E-state index in [1.807, 2.05) is 51.1 Å². The number of nitrogens with zero attached hydrogens (tertiary/aromatic N) is 3. The van der Waals surface area contributed by atoms with Crippen LogP contribution in [0.2, 0.25) is 0 Å². The molecule has 0 spiro atoms. The molecule has 0 unspecified atom stereocenters. The molecule has 0 aliphatic carbocycles. The first kappa shape index (κ1) is 21.1. The fourth-order valence-electron chi connectivity index (χ4n) is 3.55. The van der Waals surface area contributed by atoms with E-state index >= 15 is 0 Å². The van der Waals surface area contributed by atoms with Gasteiger partial charge in [0.15, 0.2) is 0 Å². The fraction of sp³-hybridized carbons (Fsp3) is 0.522. The van der Waals surface area contributed by atoms with E-state index in [-0.39, 0.29) is 18.2 Å². The summed E-state index contributed by atoms with van der Waals surface area (Å²) in [6.07, 6.45) is 4.17. The number of carbonyl (C=O) groups excluding carboxylic acids is 1. The second-order valence-corrected chi connectivity index (χ2v) is 8.54. The van der Waals surface area contributed by atoms with Gasteiger partial charge in [0.25, 0.3) is 5.56 Å². The topological polar surface area (TPSA) is 64.4 Å². The lowest BCUT2D eigenvalue weighted by atomic mass is 10.1. The third-order valence-electron chi connectivity index (χ3n) is 4.97. The van der Waals surface area contributed by atoms with E-state index in [0.717, 1.165) is 42.9 Å². The SMILES string of the molecule is CCCCCc1nc2c(c(=O)n1-c1ccccc1)CN(C(=O)OC(C)(C)C)CC2. The van der Waals surface area contributed by atoms with Crippen LogP contribution in [0.3, 0.4) is 0 Å². The van der Waals surface area contributed by atoms with E-state index in [1.54, 1.807) is 9.47 Å². The average molecular weight is 398 g/mol. The quantitative estimate of drug-likeness (QED) is 0.707. The van der Waals surface area contributed by atoms with Crippen LogP contribution in [0.5, 0.6) is 0 Å². The summed E-state index contributed by atoms with van der Waals surface area (Å²) in [4.78, 5) is 32.4. The van der Waals surface area contributed by atoms with Crippen LogP contribution in [0.25, 0.3) is 5.69 Å². The number of hydrogen-bond donors (Lipinski definition) is 0. The molecule has 3 rings (SSSR count).